The average molecular weight is 302 g/mol. The highest BCUT2D eigenvalue weighted by molar-refractivity contribution is 6.33. The smallest absolute Gasteiger partial charge is 0.258 e. The third-order valence-corrected chi connectivity index (χ3v) is 3.38. The van der Waals surface area contributed by atoms with E-state index in [4.69, 9.17) is 11.6 Å². The number of anilines is 1. The van der Waals surface area contributed by atoms with Gasteiger partial charge in [0.05, 0.1) is 6.33 Å². The van der Waals surface area contributed by atoms with E-state index in [2.05, 4.69) is 25.3 Å². The molecule has 106 valence electrons. The van der Waals surface area contributed by atoms with Crippen LogP contribution < -0.4 is 5.32 Å². The van der Waals surface area contributed by atoms with Crippen molar-refractivity contribution in [1.29, 1.82) is 0 Å². The number of aryl methyl sites for hydroxylation is 1. The lowest BCUT2D eigenvalue weighted by molar-refractivity contribution is 0.102. The highest BCUT2D eigenvalue weighted by Gasteiger charge is 2.13. The van der Waals surface area contributed by atoms with Crippen molar-refractivity contribution >= 4 is 34.6 Å². The van der Waals surface area contributed by atoms with Crippen molar-refractivity contribution in [3.63, 3.8) is 0 Å². The summed E-state index contributed by atoms with van der Waals surface area (Å²) in [4.78, 5) is 27.4. The number of hydrogen-bond donors (Lipinski definition) is 2. The number of carbonyl (C=O) groups is 1. The Hall–Kier alpha value is -2.47. The van der Waals surface area contributed by atoms with Crippen LogP contribution in [0.4, 0.5) is 5.95 Å². The minimum absolute atomic E-state index is 0.135. The first-order valence-corrected chi connectivity index (χ1v) is 6.82. The van der Waals surface area contributed by atoms with Crippen molar-refractivity contribution in [2.45, 2.75) is 13.3 Å². The van der Waals surface area contributed by atoms with Gasteiger partial charge in [0.2, 0.25) is 5.95 Å². The molecular weight excluding hydrogens is 290 g/mol. The number of amides is 1. The lowest BCUT2D eigenvalue weighted by atomic mass is 10.1. The van der Waals surface area contributed by atoms with Crippen LogP contribution in [0.15, 0.2) is 30.6 Å². The first kappa shape index (κ1) is 13.5. The molecule has 3 rings (SSSR count). The van der Waals surface area contributed by atoms with Crippen LogP contribution in [-0.2, 0) is 6.42 Å². The Morgan fingerprint density at radius 3 is 2.95 bits per heavy atom. The van der Waals surface area contributed by atoms with Crippen molar-refractivity contribution < 1.29 is 4.79 Å². The molecule has 0 bridgehead atoms. The Morgan fingerprint density at radius 2 is 2.14 bits per heavy atom. The van der Waals surface area contributed by atoms with Gasteiger partial charge in [0.25, 0.3) is 5.91 Å². The van der Waals surface area contributed by atoms with Gasteiger partial charge in [0.1, 0.15) is 5.52 Å². The SMILES string of the molecule is CCc1ccccc1C(=O)Nc1nc(Cl)c2[nH]cnc2n1. The number of rotatable bonds is 3. The number of nitrogens with one attached hydrogen (secondary N) is 2. The Kier molecular flexibility index (Phi) is 3.53. The molecule has 0 atom stereocenters. The molecule has 0 aliphatic rings. The summed E-state index contributed by atoms with van der Waals surface area (Å²) in [6.45, 7) is 2.00. The fraction of sp³-hybridized carbons (Fsp3) is 0.143. The molecule has 0 saturated carbocycles. The van der Waals surface area contributed by atoms with E-state index in [0.717, 1.165) is 12.0 Å². The minimum Gasteiger partial charge on any atom is -0.341 e. The third kappa shape index (κ3) is 2.57. The molecule has 0 aliphatic heterocycles. The number of benzene rings is 1. The zero-order valence-electron chi connectivity index (χ0n) is 11.2. The number of H-pyrrole nitrogens is 1. The Bertz CT molecular complexity index is 814. The van der Waals surface area contributed by atoms with Gasteiger partial charge in [-0.05, 0) is 18.1 Å². The molecule has 2 heterocycles. The van der Waals surface area contributed by atoms with E-state index < -0.39 is 0 Å². The number of nitrogens with zero attached hydrogens (tertiary/aromatic N) is 3. The highest BCUT2D eigenvalue weighted by Crippen LogP contribution is 2.19. The number of aromatic nitrogens is 4. The Labute approximate surface area is 125 Å². The summed E-state index contributed by atoms with van der Waals surface area (Å²) in [5, 5.41) is 2.88. The topological polar surface area (TPSA) is 83.6 Å². The number of aromatic amines is 1. The summed E-state index contributed by atoms with van der Waals surface area (Å²) in [5.41, 5.74) is 2.52. The van der Waals surface area contributed by atoms with Crippen LogP contribution in [0.3, 0.4) is 0 Å². The lowest BCUT2D eigenvalue weighted by Gasteiger charge is -2.07. The van der Waals surface area contributed by atoms with Crippen molar-refractivity contribution in [2.75, 3.05) is 5.32 Å². The van der Waals surface area contributed by atoms with Gasteiger partial charge in [-0.1, -0.05) is 36.7 Å². The van der Waals surface area contributed by atoms with E-state index in [9.17, 15) is 4.79 Å². The van der Waals surface area contributed by atoms with Crippen molar-refractivity contribution in [2.24, 2.45) is 0 Å². The van der Waals surface area contributed by atoms with Gasteiger partial charge in [-0.15, -0.1) is 0 Å². The van der Waals surface area contributed by atoms with Gasteiger partial charge >= 0.3 is 0 Å². The predicted molar refractivity (Wildman–Crippen MR) is 80.5 cm³/mol. The van der Waals surface area contributed by atoms with E-state index in [-0.39, 0.29) is 17.0 Å². The molecule has 0 saturated heterocycles. The molecule has 0 spiro atoms. The van der Waals surface area contributed by atoms with E-state index in [1.54, 1.807) is 6.07 Å². The molecule has 0 unspecified atom stereocenters. The average Bonchev–Trinajstić information content (AvgIpc) is 2.96. The molecule has 2 aromatic heterocycles. The molecule has 7 heteroatoms. The molecule has 3 aromatic rings. The summed E-state index contributed by atoms with van der Waals surface area (Å²) in [7, 11) is 0. The summed E-state index contributed by atoms with van der Waals surface area (Å²) < 4.78 is 0. The molecule has 1 aromatic carbocycles. The number of imidazole rings is 1. The van der Waals surface area contributed by atoms with Crippen LogP contribution in [0.5, 0.6) is 0 Å². The van der Waals surface area contributed by atoms with Gasteiger partial charge < -0.3 is 4.98 Å². The van der Waals surface area contributed by atoms with Crippen LogP contribution in [0.1, 0.15) is 22.8 Å². The van der Waals surface area contributed by atoms with Gasteiger partial charge in [-0.2, -0.15) is 9.97 Å². The number of carbonyl (C=O) groups excluding carboxylic acids is 1. The monoisotopic (exact) mass is 301 g/mol. The summed E-state index contributed by atoms with van der Waals surface area (Å²) in [6, 6.07) is 7.40. The largest absolute Gasteiger partial charge is 0.341 e. The van der Waals surface area contributed by atoms with Crippen molar-refractivity contribution in [3.8, 4) is 0 Å². The maximum absolute atomic E-state index is 12.3. The lowest BCUT2D eigenvalue weighted by Crippen LogP contribution is -2.16. The van der Waals surface area contributed by atoms with E-state index in [1.165, 1.54) is 6.33 Å². The molecule has 0 fully saturated rings. The number of hydrogen-bond acceptors (Lipinski definition) is 4. The standard InChI is InChI=1S/C14H12ClN5O/c1-2-8-5-3-4-6-9(8)13(21)20-14-18-11(15)10-12(19-14)17-7-16-10/h3-7H,2H2,1H3,(H2,16,17,18,19,20,21). The van der Waals surface area contributed by atoms with E-state index in [0.29, 0.717) is 16.7 Å². The Morgan fingerprint density at radius 1 is 1.33 bits per heavy atom. The fourth-order valence-corrected chi connectivity index (χ4v) is 2.29. The first-order valence-electron chi connectivity index (χ1n) is 6.45. The zero-order chi connectivity index (χ0) is 14.8. The normalized spacial score (nSPS) is 10.8. The van der Waals surface area contributed by atoms with Gasteiger partial charge in [0, 0.05) is 5.56 Å². The van der Waals surface area contributed by atoms with Crippen LogP contribution >= 0.6 is 11.6 Å². The fourth-order valence-electron chi connectivity index (χ4n) is 2.07. The molecule has 21 heavy (non-hydrogen) atoms. The second kappa shape index (κ2) is 5.49. The predicted octanol–water partition coefficient (Wildman–Crippen LogP) is 2.82. The van der Waals surface area contributed by atoms with Gasteiger partial charge in [0.15, 0.2) is 10.8 Å². The second-order valence-corrected chi connectivity index (χ2v) is 4.76. The van der Waals surface area contributed by atoms with Crippen LogP contribution in [0.2, 0.25) is 5.15 Å². The maximum Gasteiger partial charge on any atom is 0.258 e. The first-order chi connectivity index (χ1) is 10.2. The van der Waals surface area contributed by atoms with Crippen LogP contribution in [0.25, 0.3) is 11.2 Å². The zero-order valence-corrected chi connectivity index (χ0v) is 12.0. The van der Waals surface area contributed by atoms with Crippen LogP contribution in [-0.4, -0.2) is 25.8 Å². The molecule has 0 aliphatic carbocycles. The molecule has 6 nitrogen and oxygen atoms in total. The Balaban J connectivity index is 1.92. The second-order valence-electron chi connectivity index (χ2n) is 4.40. The minimum atomic E-state index is -0.265. The summed E-state index contributed by atoms with van der Waals surface area (Å²) in [6.07, 6.45) is 2.24. The number of fused-ring (bicyclic) bond motifs is 1. The summed E-state index contributed by atoms with van der Waals surface area (Å²) in [5.74, 6) is -0.131. The molecule has 2 N–H and O–H groups in total. The maximum atomic E-state index is 12.3. The quantitative estimate of drug-likeness (QED) is 0.729. The molecular formula is C14H12ClN5O. The van der Waals surface area contributed by atoms with Crippen molar-refractivity contribution in [3.05, 3.63) is 46.9 Å². The highest BCUT2D eigenvalue weighted by atomic mass is 35.5. The van der Waals surface area contributed by atoms with E-state index in [1.807, 2.05) is 25.1 Å². The molecule has 1 amide bonds. The van der Waals surface area contributed by atoms with Crippen molar-refractivity contribution in [1.82, 2.24) is 19.9 Å². The number of halogens is 1. The molecule has 0 radical (unpaired) electrons. The van der Waals surface area contributed by atoms with Crippen LogP contribution in [0, 0.1) is 0 Å². The third-order valence-electron chi connectivity index (χ3n) is 3.11. The van der Waals surface area contributed by atoms with Gasteiger partial charge in [-0.3, -0.25) is 10.1 Å². The van der Waals surface area contributed by atoms with Gasteiger partial charge in [-0.25, -0.2) is 4.98 Å². The summed E-state index contributed by atoms with van der Waals surface area (Å²) >= 11 is 6.02. The van der Waals surface area contributed by atoms with E-state index >= 15 is 0 Å².